The van der Waals surface area contributed by atoms with E-state index in [1.165, 1.54) is 11.3 Å². The number of rotatable bonds is 4. The molecule has 18 heavy (non-hydrogen) atoms. The molecule has 0 saturated carbocycles. The molecule has 2 nitrogen and oxygen atoms in total. The molecule has 0 bridgehead atoms. The van der Waals surface area contributed by atoms with Crippen LogP contribution in [0.2, 0.25) is 5.02 Å². The van der Waals surface area contributed by atoms with Gasteiger partial charge in [0.25, 0.3) is 0 Å². The van der Waals surface area contributed by atoms with Crippen LogP contribution in [-0.2, 0) is 0 Å². The number of hydrogen-bond donors (Lipinski definition) is 1. The molecule has 96 valence electrons. The lowest BCUT2D eigenvalue weighted by Gasteiger charge is -2.18. The molecule has 1 atom stereocenters. The fourth-order valence-corrected chi connectivity index (χ4v) is 2.89. The van der Waals surface area contributed by atoms with Crippen molar-refractivity contribution in [3.8, 4) is 0 Å². The summed E-state index contributed by atoms with van der Waals surface area (Å²) in [7, 11) is 0. The highest BCUT2D eigenvalue weighted by molar-refractivity contribution is 9.10. The highest BCUT2D eigenvalue weighted by atomic mass is 79.9. The summed E-state index contributed by atoms with van der Waals surface area (Å²) in [6.07, 6.45) is 1.74. The lowest BCUT2D eigenvalue weighted by atomic mass is 10.1. The van der Waals surface area contributed by atoms with Gasteiger partial charge in [-0.15, -0.1) is 11.3 Å². The minimum Gasteiger partial charge on any atom is -0.306 e. The van der Waals surface area contributed by atoms with Gasteiger partial charge in [-0.25, -0.2) is 4.39 Å². The van der Waals surface area contributed by atoms with E-state index < -0.39 is 5.82 Å². The zero-order valence-corrected chi connectivity index (χ0v) is 12.7. The Kier molecular flexibility index (Phi) is 4.72. The zero-order valence-electron chi connectivity index (χ0n) is 9.58. The van der Waals surface area contributed by atoms with Crippen LogP contribution in [0.15, 0.2) is 28.3 Å². The first-order valence-electron chi connectivity index (χ1n) is 5.40. The summed E-state index contributed by atoms with van der Waals surface area (Å²) in [6, 6.07) is 3.28. The van der Waals surface area contributed by atoms with Crippen molar-refractivity contribution < 1.29 is 4.39 Å². The molecular weight excluding hydrogens is 339 g/mol. The minimum atomic E-state index is -0.398. The molecule has 0 aliphatic heterocycles. The highest BCUT2D eigenvalue weighted by Gasteiger charge is 2.21. The van der Waals surface area contributed by atoms with Crippen LogP contribution in [0.25, 0.3) is 0 Å². The molecule has 1 aromatic heterocycles. The van der Waals surface area contributed by atoms with Gasteiger partial charge in [0.15, 0.2) is 0 Å². The average Bonchev–Trinajstić information content (AvgIpc) is 2.88. The van der Waals surface area contributed by atoms with E-state index in [1.54, 1.807) is 23.8 Å². The molecule has 2 rings (SSSR count). The highest BCUT2D eigenvalue weighted by Crippen LogP contribution is 2.33. The van der Waals surface area contributed by atoms with Crippen molar-refractivity contribution in [1.82, 2.24) is 10.3 Å². The predicted octanol–water partition coefficient (Wildman–Crippen LogP) is 4.40. The number of thiazole rings is 1. The van der Waals surface area contributed by atoms with Crippen LogP contribution >= 0.6 is 38.9 Å². The maximum absolute atomic E-state index is 14.2. The summed E-state index contributed by atoms with van der Waals surface area (Å²) >= 11 is 10.6. The largest absolute Gasteiger partial charge is 0.306 e. The Bertz CT molecular complexity index is 533. The smallest absolute Gasteiger partial charge is 0.148 e. The molecule has 0 aliphatic carbocycles. The Morgan fingerprint density at radius 2 is 2.33 bits per heavy atom. The van der Waals surface area contributed by atoms with Crippen molar-refractivity contribution in [2.75, 3.05) is 6.54 Å². The fourth-order valence-electron chi connectivity index (χ4n) is 1.70. The fraction of sp³-hybridized carbons (Fsp3) is 0.250. The maximum atomic E-state index is 14.2. The van der Waals surface area contributed by atoms with Gasteiger partial charge < -0.3 is 5.32 Å². The first-order valence-corrected chi connectivity index (χ1v) is 7.45. The van der Waals surface area contributed by atoms with E-state index in [0.29, 0.717) is 10.0 Å². The summed E-state index contributed by atoms with van der Waals surface area (Å²) in [4.78, 5) is 5.00. The Labute approximate surface area is 122 Å². The van der Waals surface area contributed by atoms with Gasteiger partial charge >= 0.3 is 0 Å². The number of hydrogen-bond acceptors (Lipinski definition) is 3. The molecule has 0 radical (unpaired) electrons. The summed E-state index contributed by atoms with van der Waals surface area (Å²) in [6.45, 7) is 2.71. The molecule has 0 aliphatic rings. The van der Waals surface area contributed by atoms with Crippen molar-refractivity contribution in [2.24, 2.45) is 0 Å². The molecule has 1 N–H and O–H groups in total. The van der Waals surface area contributed by atoms with E-state index >= 15 is 0 Å². The molecule has 2 aromatic rings. The summed E-state index contributed by atoms with van der Waals surface area (Å²) in [5.41, 5.74) is 2.27. The van der Waals surface area contributed by atoms with Gasteiger partial charge in [0.05, 0.1) is 16.6 Å². The second-order valence-electron chi connectivity index (χ2n) is 3.66. The van der Waals surface area contributed by atoms with Gasteiger partial charge in [0.2, 0.25) is 0 Å². The molecule has 0 saturated heterocycles. The summed E-state index contributed by atoms with van der Waals surface area (Å²) < 4.78 is 14.8. The Morgan fingerprint density at radius 1 is 1.56 bits per heavy atom. The van der Waals surface area contributed by atoms with Crippen LogP contribution in [0.1, 0.15) is 23.4 Å². The van der Waals surface area contributed by atoms with E-state index in [4.69, 9.17) is 11.6 Å². The quantitative estimate of drug-likeness (QED) is 0.828. The van der Waals surface area contributed by atoms with Gasteiger partial charge in [-0.1, -0.05) is 24.6 Å². The van der Waals surface area contributed by atoms with Crippen LogP contribution in [0.3, 0.4) is 0 Å². The van der Waals surface area contributed by atoms with Crippen LogP contribution < -0.4 is 5.32 Å². The molecular formula is C12H11BrClFN2S. The van der Waals surface area contributed by atoms with Crippen LogP contribution in [0, 0.1) is 5.82 Å². The van der Waals surface area contributed by atoms with Crippen LogP contribution in [0.5, 0.6) is 0 Å². The van der Waals surface area contributed by atoms with Crippen molar-refractivity contribution in [3.63, 3.8) is 0 Å². The minimum absolute atomic E-state index is 0.111. The SMILES string of the molecule is CCNC(c1cncs1)c1ccc(Br)c(Cl)c1F. The maximum Gasteiger partial charge on any atom is 0.148 e. The van der Waals surface area contributed by atoms with E-state index in [1.807, 2.05) is 6.92 Å². The molecule has 1 aromatic carbocycles. The zero-order chi connectivity index (χ0) is 13.1. The Morgan fingerprint density at radius 3 is 2.94 bits per heavy atom. The van der Waals surface area contributed by atoms with Gasteiger partial charge in [0, 0.05) is 21.1 Å². The van der Waals surface area contributed by atoms with E-state index in [2.05, 4.69) is 26.2 Å². The Balaban J connectivity index is 2.47. The third kappa shape index (κ3) is 2.74. The van der Waals surface area contributed by atoms with Gasteiger partial charge in [-0.3, -0.25) is 4.98 Å². The predicted molar refractivity (Wildman–Crippen MR) is 76.7 cm³/mol. The Hall–Kier alpha value is -0.490. The van der Waals surface area contributed by atoms with Crippen LogP contribution in [0.4, 0.5) is 4.39 Å². The number of nitrogens with one attached hydrogen (secondary N) is 1. The summed E-state index contributed by atoms with van der Waals surface area (Å²) in [5.74, 6) is -0.398. The van der Waals surface area contributed by atoms with E-state index in [9.17, 15) is 4.39 Å². The molecule has 0 amide bonds. The first kappa shape index (κ1) is 13.9. The average molecular weight is 350 g/mol. The molecule has 0 fully saturated rings. The monoisotopic (exact) mass is 348 g/mol. The van der Waals surface area contributed by atoms with Crippen molar-refractivity contribution in [3.05, 3.63) is 49.6 Å². The second-order valence-corrected chi connectivity index (χ2v) is 5.81. The lowest BCUT2D eigenvalue weighted by Crippen LogP contribution is -2.22. The van der Waals surface area contributed by atoms with Crippen molar-refractivity contribution in [1.29, 1.82) is 0 Å². The van der Waals surface area contributed by atoms with E-state index in [0.717, 1.165) is 11.4 Å². The number of benzene rings is 1. The normalized spacial score (nSPS) is 12.7. The van der Waals surface area contributed by atoms with Crippen molar-refractivity contribution >= 4 is 38.9 Å². The molecule has 6 heteroatoms. The number of nitrogens with zero attached hydrogens (tertiary/aromatic N) is 1. The topological polar surface area (TPSA) is 24.9 Å². The van der Waals surface area contributed by atoms with Crippen LogP contribution in [-0.4, -0.2) is 11.5 Å². The van der Waals surface area contributed by atoms with E-state index in [-0.39, 0.29) is 11.1 Å². The lowest BCUT2D eigenvalue weighted by molar-refractivity contribution is 0.562. The molecule has 0 spiro atoms. The molecule has 1 unspecified atom stereocenters. The number of halogens is 3. The van der Waals surface area contributed by atoms with Crippen molar-refractivity contribution in [2.45, 2.75) is 13.0 Å². The standard InChI is InChI=1S/C12H11BrClFN2S/c1-2-17-12(9-5-16-6-18-9)7-3-4-8(13)10(14)11(7)15/h3-6,12,17H,2H2,1H3. The second kappa shape index (κ2) is 6.10. The summed E-state index contributed by atoms with van der Waals surface area (Å²) in [5, 5.41) is 3.36. The first-order chi connectivity index (χ1) is 8.65. The van der Waals surface area contributed by atoms with Gasteiger partial charge in [0.1, 0.15) is 5.82 Å². The van der Waals surface area contributed by atoms with Gasteiger partial charge in [-0.05, 0) is 28.5 Å². The van der Waals surface area contributed by atoms with Gasteiger partial charge in [-0.2, -0.15) is 0 Å². The molecule has 1 heterocycles. The third-order valence-electron chi connectivity index (χ3n) is 2.52. The third-order valence-corrected chi connectivity index (χ3v) is 4.62. The number of aromatic nitrogens is 1.